The predicted octanol–water partition coefficient (Wildman–Crippen LogP) is 1.60. The SMILES string of the molecule is CC(C(=O)c1cccc(Cl)c1)N1CCOC(CO)C1. The van der Waals surface area contributed by atoms with Crippen molar-refractivity contribution in [2.45, 2.75) is 19.1 Å². The molecule has 1 aliphatic heterocycles. The number of Topliss-reactive ketones (excluding diaryl/α,β-unsaturated/α-hetero) is 1. The molecule has 2 atom stereocenters. The van der Waals surface area contributed by atoms with Gasteiger partial charge in [-0.25, -0.2) is 0 Å². The van der Waals surface area contributed by atoms with Gasteiger partial charge in [-0.2, -0.15) is 0 Å². The van der Waals surface area contributed by atoms with Crippen LogP contribution in [0.25, 0.3) is 0 Å². The molecule has 0 bridgehead atoms. The molecular weight excluding hydrogens is 266 g/mol. The van der Waals surface area contributed by atoms with Gasteiger partial charge >= 0.3 is 0 Å². The molecule has 1 aromatic carbocycles. The molecule has 1 heterocycles. The molecule has 0 radical (unpaired) electrons. The minimum atomic E-state index is -0.239. The third-order valence-corrected chi connectivity index (χ3v) is 3.65. The molecule has 1 fully saturated rings. The Morgan fingerprint density at radius 3 is 3.11 bits per heavy atom. The molecule has 0 aliphatic carbocycles. The molecule has 4 nitrogen and oxygen atoms in total. The van der Waals surface area contributed by atoms with Crippen molar-refractivity contribution in [2.75, 3.05) is 26.3 Å². The molecule has 104 valence electrons. The van der Waals surface area contributed by atoms with E-state index in [-0.39, 0.29) is 24.5 Å². The molecule has 5 heteroatoms. The van der Waals surface area contributed by atoms with Crippen LogP contribution in [-0.4, -0.2) is 54.2 Å². The van der Waals surface area contributed by atoms with E-state index >= 15 is 0 Å². The van der Waals surface area contributed by atoms with Crippen molar-refractivity contribution in [3.63, 3.8) is 0 Å². The highest BCUT2D eigenvalue weighted by Crippen LogP contribution is 2.16. The molecule has 1 saturated heterocycles. The normalized spacial score (nSPS) is 22.2. The number of carbonyl (C=O) groups is 1. The van der Waals surface area contributed by atoms with E-state index in [2.05, 4.69) is 0 Å². The lowest BCUT2D eigenvalue weighted by atomic mass is 10.0. The Hall–Kier alpha value is -0.940. The van der Waals surface area contributed by atoms with Crippen molar-refractivity contribution in [2.24, 2.45) is 0 Å². The smallest absolute Gasteiger partial charge is 0.179 e. The van der Waals surface area contributed by atoms with Crippen LogP contribution in [0.5, 0.6) is 0 Å². The third kappa shape index (κ3) is 3.54. The number of nitrogens with zero attached hydrogens (tertiary/aromatic N) is 1. The average Bonchev–Trinajstić information content (AvgIpc) is 2.45. The lowest BCUT2D eigenvalue weighted by molar-refractivity contribution is -0.0592. The maximum Gasteiger partial charge on any atom is 0.179 e. The average molecular weight is 284 g/mol. The van der Waals surface area contributed by atoms with Crippen LogP contribution in [0.2, 0.25) is 5.02 Å². The number of aliphatic hydroxyl groups excluding tert-OH is 1. The zero-order chi connectivity index (χ0) is 13.8. The molecule has 1 aliphatic rings. The summed E-state index contributed by atoms with van der Waals surface area (Å²) in [6, 6.07) is 6.74. The molecule has 1 aromatic rings. The summed E-state index contributed by atoms with van der Waals surface area (Å²) in [6.45, 7) is 3.67. The van der Waals surface area contributed by atoms with E-state index in [0.29, 0.717) is 30.3 Å². The predicted molar refractivity (Wildman–Crippen MR) is 73.6 cm³/mol. The van der Waals surface area contributed by atoms with Crippen molar-refractivity contribution in [1.29, 1.82) is 0 Å². The third-order valence-electron chi connectivity index (χ3n) is 3.41. The lowest BCUT2D eigenvalue weighted by Gasteiger charge is -2.35. The van der Waals surface area contributed by atoms with Gasteiger partial charge in [0.2, 0.25) is 0 Å². The van der Waals surface area contributed by atoms with Crippen LogP contribution in [0.3, 0.4) is 0 Å². The molecule has 2 unspecified atom stereocenters. The summed E-state index contributed by atoms with van der Waals surface area (Å²) in [4.78, 5) is 14.4. The Labute approximate surface area is 117 Å². The minimum absolute atomic E-state index is 0.0193. The van der Waals surface area contributed by atoms with Gasteiger partial charge < -0.3 is 9.84 Å². The van der Waals surface area contributed by atoms with Gasteiger partial charge in [0, 0.05) is 23.7 Å². The van der Waals surface area contributed by atoms with E-state index in [9.17, 15) is 4.79 Å². The lowest BCUT2D eigenvalue weighted by Crippen LogP contribution is -2.50. The molecule has 19 heavy (non-hydrogen) atoms. The molecular formula is C14H18ClNO3. The standard InChI is InChI=1S/C14H18ClNO3/c1-10(16-5-6-19-13(8-16)9-17)14(18)11-3-2-4-12(15)7-11/h2-4,7,10,13,17H,5-6,8-9H2,1H3. The van der Waals surface area contributed by atoms with Gasteiger partial charge in [0.15, 0.2) is 5.78 Å². The minimum Gasteiger partial charge on any atom is -0.394 e. The van der Waals surface area contributed by atoms with Crippen molar-refractivity contribution < 1.29 is 14.6 Å². The molecule has 0 spiro atoms. The fraction of sp³-hybridized carbons (Fsp3) is 0.500. The van der Waals surface area contributed by atoms with Crippen LogP contribution in [0.15, 0.2) is 24.3 Å². The van der Waals surface area contributed by atoms with Gasteiger partial charge in [0.05, 0.1) is 25.4 Å². The summed E-state index contributed by atoms with van der Waals surface area (Å²) in [5, 5.41) is 9.69. The largest absolute Gasteiger partial charge is 0.394 e. The van der Waals surface area contributed by atoms with E-state index in [0.717, 1.165) is 0 Å². The zero-order valence-corrected chi connectivity index (χ0v) is 11.6. The van der Waals surface area contributed by atoms with Gasteiger partial charge in [-0.05, 0) is 19.1 Å². The quantitative estimate of drug-likeness (QED) is 0.853. The summed E-state index contributed by atoms with van der Waals surface area (Å²) >= 11 is 5.91. The van der Waals surface area contributed by atoms with Crippen molar-refractivity contribution >= 4 is 17.4 Å². The number of carbonyl (C=O) groups excluding carboxylic acids is 1. The number of hydrogen-bond acceptors (Lipinski definition) is 4. The summed E-state index contributed by atoms with van der Waals surface area (Å²) in [7, 11) is 0. The van der Waals surface area contributed by atoms with Crippen LogP contribution >= 0.6 is 11.6 Å². The highest BCUT2D eigenvalue weighted by molar-refractivity contribution is 6.31. The van der Waals surface area contributed by atoms with Gasteiger partial charge in [-0.1, -0.05) is 23.7 Å². The fourth-order valence-electron chi connectivity index (χ4n) is 2.25. The first-order valence-electron chi connectivity index (χ1n) is 6.38. The monoisotopic (exact) mass is 283 g/mol. The van der Waals surface area contributed by atoms with E-state index in [1.165, 1.54) is 0 Å². The molecule has 1 N–H and O–H groups in total. The van der Waals surface area contributed by atoms with Gasteiger partial charge in [0.1, 0.15) is 0 Å². The Kier molecular flexibility index (Phi) is 4.93. The maximum atomic E-state index is 12.4. The summed E-state index contributed by atoms with van der Waals surface area (Å²) < 4.78 is 5.39. The highest BCUT2D eigenvalue weighted by atomic mass is 35.5. The first kappa shape index (κ1) is 14.5. The number of benzene rings is 1. The van der Waals surface area contributed by atoms with Crippen LogP contribution in [0, 0.1) is 0 Å². The Morgan fingerprint density at radius 1 is 1.63 bits per heavy atom. The van der Waals surface area contributed by atoms with Crippen LogP contribution < -0.4 is 0 Å². The molecule has 0 aromatic heterocycles. The summed E-state index contributed by atoms with van der Waals surface area (Å²) in [6.07, 6.45) is -0.205. The fourth-order valence-corrected chi connectivity index (χ4v) is 2.44. The number of aliphatic hydroxyl groups is 1. The molecule has 0 saturated carbocycles. The van der Waals surface area contributed by atoms with E-state index in [4.69, 9.17) is 21.4 Å². The van der Waals surface area contributed by atoms with Gasteiger partial charge in [-0.3, -0.25) is 9.69 Å². The second kappa shape index (κ2) is 6.48. The Bertz CT molecular complexity index is 452. The van der Waals surface area contributed by atoms with E-state index < -0.39 is 0 Å². The van der Waals surface area contributed by atoms with Gasteiger partial charge in [-0.15, -0.1) is 0 Å². The van der Waals surface area contributed by atoms with Crippen molar-refractivity contribution in [3.05, 3.63) is 34.9 Å². The second-order valence-corrected chi connectivity index (χ2v) is 5.16. The number of rotatable bonds is 4. The number of ketones is 1. The van der Waals surface area contributed by atoms with E-state index in [1.54, 1.807) is 24.3 Å². The number of ether oxygens (including phenoxy) is 1. The zero-order valence-electron chi connectivity index (χ0n) is 10.9. The number of halogens is 1. The van der Waals surface area contributed by atoms with Crippen molar-refractivity contribution in [1.82, 2.24) is 4.90 Å². The van der Waals surface area contributed by atoms with Crippen molar-refractivity contribution in [3.8, 4) is 0 Å². The number of hydrogen-bond donors (Lipinski definition) is 1. The summed E-state index contributed by atoms with van der Waals surface area (Å²) in [5.41, 5.74) is 0.618. The Balaban J connectivity index is 2.06. The maximum absolute atomic E-state index is 12.4. The van der Waals surface area contributed by atoms with Crippen LogP contribution in [0.4, 0.5) is 0 Å². The number of morpholine rings is 1. The molecule has 0 amide bonds. The first-order valence-corrected chi connectivity index (χ1v) is 6.76. The topological polar surface area (TPSA) is 49.8 Å². The van der Waals surface area contributed by atoms with Crippen LogP contribution in [0.1, 0.15) is 17.3 Å². The van der Waals surface area contributed by atoms with Crippen LogP contribution in [-0.2, 0) is 4.74 Å². The Morgan fingerprint density at radius 2 is 2.42 bits per heavy atom. The molecule has 2 rings (SSSR count). The summed E-state index contributed by atoms with van der Waals surface area (Å²) in [5.74, 6) is 0.0427. The van der Waals surface area contributed by atoms with E-state index in [1.807, 2.05) is 11.8 Å². The first-order chi connectivity index (χ1) is 9.11. The second-order valence-electron chi connectivity index (χ2n) is 4.72. The van der Waals surface area contributed by atoms with Gasteiger partial charge in [0.25, 0.3) is 0 Å². The highest BCUT2D eigenvalue weighted by Gasteiger charge is 2.28.